The average molecular weight is 328 g/mol. The summed E-state index contributed by atoms with van der Waals surface area (Å²) in [5.41, 5.74) is 2.24. The van der Waals surface area contributed by atoms with Gasteiger partial charge in [-0.25, -0.2) is 4.79 Å². The van der Waals surface area contributed by atoms with Crippen molar-refractivity contribution in [3.63, 3.8) is 0 Å². The second-order valence-electron chi connectivity index (χ2n) is 7.40. The topological polar surface area (TPSA) is 67.4 Å². The average Bonchev–Trinajstić information content (AvgIpc) is 3.04. The van der Waals surface area contributed by atoms with Crippen molar-refractivity contribution < 1.29 is 14.3 Å². The number of ether oxygens (including phenoxy) is 1. The highest BCUT2D eigenvalue weighted by Gasteiger charge is 2.66. The van der Waals surface area contributed by atoms with E-state index in [0.29, 0.717) is 0 Å². The number of fused-ring (bicyclic) bond motifs is 3. The highest BCUT2D eigenvalue weighted by molar-refractivity contribution is 6.08. The van der Waals surface area contributed by atoms with E-state index in [1.165, 1.54) is 11.1 Å². The van der Waals surface area contributed by atoms with E-state index in [-0.39, 0.29) is 23.5 Å². The Morgan fingerprint density at radius 1 is 1.25 bits per heavy atom. The fourth-order valence-electron chi connectivity index (χ4n) is 5.08. The standard InChI is InChI=1S/C19H24N2O3/c1-3-12-4-5-13-11-18(8-6-14(24-2)7-9-18)19(15(13)10-12)16(22)20-17(23)21-19/h4-5,10,14H,3,6-9,11H2,1-2H3,(H2,20,21,22,23). The number of hydrogen-bond donors (Lipinski definition) is 2. The Kier molecular flexibility index (Phi) is 3.46. The molecule has 3 amide bonds. The Bertz CT molecular complexity index is 707. The number of hydrogen-bond acceptors (Lipinski definition) is 3. The number of carbonyl (C=O) groups excluding carboxylic acids is 2. The lowest BCUT2D eigenvalue weighted by molar-refractivity contribution is -0.131. The SMILES string of the molecule is CCc1ccc2c(c1)C1(NC(=O)NC1=O)C1(CCC(OC)CC1)C2. The summed E-state index contributed by atoms with van der Waals surface area (Å²) in [7, 11) is 1.75. The van der Waals surface area contributed by atoms with Crippen LogP contribution in [0.2, 0.25) is 0 Å². The van der Waals surface area contributed by atoms with Gasteiger partial charge >= 0.3 is 6.03 Å². The van der Waals surface area contributed by atoms with Crippen LogP contribution in [0, 0.1) is 5.41 Å². The summed E-state index contributed by atoms with van der Waals surface area (Å²) in [4.78, 5) is 25.0. The third kappa shape index (κ3) is 1.91. The first-order valence-corrected chi connectivity index (χ1v) is 8.83. The highest BCUT2D eigenvalue weighted by Crippen LogP contribution is 2.59. The van der Waals surface area contributed by atoms with Crippen molar-refractivity contribution in [2.24, 2.45) is 5.41 Å². The number of methoxy groups -OCH3 is 1. The minimum Gasteiger partial charge on any atom is -0.381 e. The van der Waals surface area contributed by atoms with E-state index in [4.69, 9.17) is 4.74 Å². The molecule has 3 aliphatic rings. The molecule has 1 heterocycles. The van der Waals surface area contributed by atoms with E-state index < -0.39 is 5.54 Å². The van der Waals surface area contributed by atoms with E-state index in [0.717, 1.165) is 44.1 Å². The van der Waals surface area contributed by atoms with Crippen LogP contribution in [0.15, 0.2) is 18.2 Å². The molecule has 0 aromatic heterocycles. The Labute approximate surface area is 142 Å². The predicted molar refractivity (Wildman–Crippen MR) is 89.6 cm³/mol. The summed E-state index contributed by atoms with van der Waals surface area (Å²) in [6, 6.07) is 6.03. The van der Waals surface area contributed by atoms with Crippen molar-refractivity contribution in [2.45, 2.75) is 57.1 Å². The van der Waals surface area contributed by atoms with Crippen LogP contribution in [0.4, 0.5) is 4.79 Å². The minimum atomic E-state index is -0.913. The monoisotopic (exact) mass is 328 g/mol. The molecule has 0 radical (unpaired) electrons. The molecule has 4 rings (SSSR count). The smallest absolute Gasteiger partial charge is 0.322 e. The molecular weight excluding hydrogens is 304 g/mol. The van der Waals surface area contributed by atoms with E-state index >= 15 is 0 Å². The van der Waals surface area contributed by atoms with Crippen molar-refractivity contribution in [3.05, 3.63) is 34.9 Å². The van der Waals surface area contributed by atoms with Crippen LogP contribution in [0.25, 0.3) is 0 Å². The first-order valence-electron chi connectivity index (χ1n) is 8.83. The molecular formula is C19H24N2O3. The summed E-state index contributed by atoms with van der Waals surface area (Å²) in [5.74, 6) is -0.185. The van der Waals surface area contributed by atoms with Crippen LogP contribution < -0.4 is 10.6 Å². The van der Waals surface area contributed by atoms with E-state index in [1.807, 2.05) is 0 Å². The molecule has 2 fully saturated rings. The summed E-state index contributed by atoms with van der Waals surface area (Å²) < 4.78 is 5.52. The van der Waals surface area contributed by atoms with Gasteiger partial charge in [-0.1, -0.05) is 25.1 Å². The summed E-state index contributed by atoms with van der Waals surface area (Å²) in [5, 5.41) is 5.54. The van der Waals surface area contributed by atoms with E-state index in [2.05, 4.69) is 35.8 Å². The van der Waals surface area contributed by atoms with Gasteiger partial charge in [0, 0.05) is 12.5 Å². The molecule has 5 nitrogen and oxygen atoms in total. The van der Waals surface area contributed by atoms with Crippen molar-refractivity contribution in [1.82, 2.24) is 10.6 Å². The molecule has 1 unspecified atom stereocenters. The quantitative estimate of drug-likeness (QED) is 0.819. The lowest BCUT2D eigenvalue weighted by Crippen LogP contribution is -2.56. The molecule has 1 aliphatic heterocycles. The Morgan fingerprint density at radius 3 is 2.58 bits per heavy atom. The van der Waals surface area contributed by atoms with Gasteiger partial charge in [0.25, 0.3) is 5.91 Å². The normalized spacial score (nSPS) is 34.5. The minimum absolute atomic E-state index is 0.185. The van der Waals surface area contributed by atoms with Crippen LogP contribution in [0.3, 0.4) is 0 Å². The summed E-state index contributed by atoms with van der Waals surface area (Å²) in [6.45, 7) is 2.11. The fraction of sp³-hybridized carbons (Fsp3) is 0.579. The molecule has 2 spiro atoms. The van der Waals surface area contributed by atoms with Gasteiger partial charge in [0.15, 0.2) is 5.54 Å². The number of amides is 3. The van der Waals surface area contributed by atoms with Gasteiger partial charge in [0.2, 0.25) is 0 Å². The maximum atomic E-state index is 13.0. The molecule has 1 aromatic rings. The number of nitrogens with one attached hydrogen (secondary N) is 2. The number of imide groups is 1. The van der Waals surface area contributed by atoms with E-state index in [1.54, 1.807) is 7.11 Å². The molecule has 2 N–H and O–H groups in total. The molecule has 1 saturated carbocycles. The maximum absolute atomic E-state index is 13.0. The molecule has 2 aliphatic carbocycles. The molecule has 1 atom stereocenters. The van der Waals surface area contributed by atoms with Gasteiger partial charge in [-0.15, -0.1) is 0 Å². The Morgan fingerprint density at radius 2 is 2.00 bits per heavy atom. The first-order chi connectivity index (χ1) is 11.5. The zero-order valence-electron chi connectivity index (χ0n) is 14.3. The zero-order valence-corrected chi connectivity index (χ0v) is 14.3. The number of aryl methyl sites for hydroxylation is 1. The van der Waals surface area contributed by atoms with Gasteiger partial charge in [-0.05, 0) is 55.2 Å². The van der Waals surface area contributed by atoms with Crippen molar-refractivity contribution >= 4 is 11.9 Å². The molecule has 128 valence electrons. The second kappa shape index (κ2) is 5.31. The largest absolute Gasteiger partial charge is 0.381 e. The highest BCUT2D eigenvalue weighted by atomic mass is 16.5. The van der Waals surface area contributed by atoms with Crippen LogP contribution in [-0.4, -0.2) is 25.2 Å². The lowest BCUT2D eigenvalue weighted by atomic mass is 9.61. The van der Waals surface area contributed by atoms with Gasteiger partial charge in [0.05, 0.1) is 6.10 Å². The molecule has 1 aromatic carbocycles. The third-order valence-corrected chi connectivity index (χ3v) is 6.40. The number of urea groups is 1. The fourth-order valence-corrected chi connectivity index (χ4v) is 5.08. The van der Waals surface area contributed by atoms with Crippen LogP contribution in [0.5, 0.6) is 0 Å². The predicted octanol–water partition coefficient (Wildman–Crippen LogP) is 2.42. The van der Waals surface area contributed by atoms with Crippen molar-refractivity contribution in [1.29, 1.82) is 0 Å². The van der Waals surface area contributed by atoms with Crippen LogP contribution in [0.1, 0.15) is 49.3 Å². The number of carbonyl (C=O) groups is 2. The second-order valence-corrected chi connectivity index (χ2v) is 7.40. The molecule has 0 bridgehead atoms. The molecule has 1 saturated heterocycles. The van der Waals surface area contributed by atoms with Crippen molar-refractivity contribution in [3.8, 4) is 0 Å². The van der Waals surface area contributed by atoms with E-state index in [9.17, 15) is 9.59 Å². The number of rotatable bonds is 2. The van der Waals surface area contributed by atoms with Gasteiger partial charge in [0.1, 0.15) is 0 Å². The Hall–Kier alpha value is -1.88. The first kappa shape index (κ1) is 15.6. The maximum Gasteiger partial charge on any atom is 0.322 e. The third-order valence-electron chi connectivity index (χ3n) is 6.40. The van der Waals surface area contributed by atoms with Gasteiger partial charge in [-0.2, -0.15) is 0 Å². The van der Waals surface area contributed by atoms with Crippen molar-refractivity contribution in [2.75, 3.05) is 7.11 Å². The molecule has 24 heavy (non-hydrogen) atoms. The molecule has 5 heteroatoms. The lowest BCUT2D eigenvalue weighted by Gasteiger charge is -2.46. The summed E-state index contributed by atoms with van der Waals surface area (Å²) in [6.07, 6.45) is 5.63. The summed E-state index contributed by atoms with van der Waals surface area (Å²) >= 11 is 0. The van der Waals surface area contributed by atoms with Crippen LogP contribution in [-0.2, 0) is 27.9 Å². The van der Waals surface area contributed by atoms with Crippen LogP contribution >= 0.6 is 0 Å². The Balaban J connectivity index is 1.84. The van der Waals surface area contributed by atoms with Gasteiger partial charge < -0.3 is 10.1 Å². The number of benzene rings is 1. The van der Waals surface area contributed by atoms with Gasteiger partial charge in [-0.3, -0.25) is 10.1 Å². The zero-order chi connectivity index (χ0) is 16.9.